The largest absolute Gasteiger partial charge is 0.113 e. The first kappa shape index (κ1) is 12.5. The molecule has 2 saturated heterocycles. The van der Waals surface area contributed by atoms with Crippen LogP contribution in [-0.4, -0.2) is 21.0 Å². The molecule has 4 heteroatoms. The second kappa shape index (κ2) is 4.36. The van der Waals surface area contributed by atoms with Crippen molar-refractivity contribution in [2.24, 2.45) is 23.7 Å². The highest BCUT2D eigenvalue weighted by Gasteiger charge is 2.56. The average Bonchev–Trinajstić information content (AvgIpc) is 3.22. The molecule has 8 unspecified atom stereocenters. The highest BCUT2D eigenvalue weighted by atomic mass is 32.2. The van der Waals surface area contributed by atoms with Crippen molar-refractivity contribution in [2.45, 2.75) is 59.5 Å². The molecule has 4 saturated carbocycles. The average molecular weight is 341 g/mol. The zero-order valence-corrected chi connectivity index (χ0v) is 14.8. The van der Waals surface area contributed by atoms with Gasteiger partial charge >= 0.3 is 0 Å². The van der Waals surface area contributed by atoms with Crippen molar-refractivity contribution in [3.05, 3.63) is 8.47 Å². The van der Waals surface area contributed by atoms with Crippen LogP contribution in [0.1, 0.15) is 38.5 Å². The van der Waals surface area contributed by atoms with Crippen LogP contribution in [0.5, 0.6) is 0 Å². The monoisotopic (exact) mass is 340 g/mol. The van der Waals surface area contributed by atoms with Gasteiger partial charge in [0.15, 0.2) is 0 Å². The molecule has 4 aliphatic carbocycles. The molecule has 4 bridgehead atoms. The van der Waals surface area contributed by atoms with Crippen LogP contribution >= 0.6 is 47.0 Å². The van der Waals surface area contributed by atoms with Gasteiger partial charge in [0.2, 0.25) is 0 Å². The van der Waals surface area contributed by atoms with E-state index in [1.54, 1.807) is 21.3 Å². The number of hydrogen-bond acceptors (Lipinski definition) is 4. The van der Waals surface area contributed by atoms with Gasteiger partial charge in [0.25, 0.3) is 0 Å². The van der Waals surface area contributed by atoms with E-state index in [-0.39, 0.29) is 0 Å². The molecule has 20 heavy (non-hydrogen) atoms. The molecule has 0 aromatic heterocycles. The number of hydrogen-bond donors (Lipinski definition) is 0. The van der Waals surface area contributed by atoms with Gasteiger partial charge in [-0.15, -0.1) is 47.0 Å². The second-order valence-corrected chi connectivity index (χ2v) is 12.8. The van der Waals surface area contributed by atoms with E-state index in [9.17, 15) is 0 Å². The first-order chi connectivity index (χ1) is 9.87. The molecule has 2 heterocycles. The predicted octanol–water partition coefficient (Wildman–Crippen LogP) is 5.41. The molecule has 0 aromatic carbocycles. The zero-order chi connectivity index (χ0) is 12.8. The Hall–Kier alpha value is 1.14. The fourth-order valence-corrected chi connectivity index (χ4v) is 13.9. The van der Waals surface area contributed by atoms with Gasteiger partial charge < -0.3 is 0 Å². The number of fused-ring (bicyclic) bond motifs is 10. The van der Waals surface area contributed by atoms with E-state index in [0.717, 1.165) is 44.7 Å². The summed E-state index contributed by atoms with van der Waals surface area (Å²) in [6, 6.07) is 0. The molecule has 108 valence electrons. The minimum absolute atomic E-state index is 1.000. The van der Waals surface area contributed by atoms with Crippen molar-refractivity contribution < 1.29 is 0 Å². The SMILES string of the molecule is C1CC2CC1C1SC(=C3SC4C5CCC(C5)C4S3)SC21. The van der Waals surface area contributed by atoms with Gasteiger partial charge in [0, 0.05) is 21.0 Å². The van der Waals surface area contributed by atoms with Crippen LogP contribution in [0.3, 0.4) is 0 Å². The summed E-state index contributed by atoms with van der Waals surface area (Å²) >= 11 is 9.22. The summed E-state index contributed by atoms with van der Waals surface area (Å²) in [6.45, 7) is 0. The van der Waals surface area contributed by atoms with E-state index in [4.69, 9.17) is 0 Å². The zero-order valence-electron chi connectivity index (χ0n) is 11.5. The Kier molecular flexibility index (Phi) is 2.74. The molecule has 2 aliphatic heterocycles. The van der Waals surface area contributed by atoms with Crippen molar-refractivity contribution in [3.63, 3.8) is 0 Å². The quantitative estimate of drug-likeness (QED) is 0.578. The highest BCUT2D eigenvalue weighted by Crippen LogP contribution is 2.69. The van der Waals surface area contributed by atoms with E-state index in [1.807, 2.05) is 0 Å². The third-order valence-electron chi connectivity index (χ3n) is 6.67. The lowest BCUT2D eigenvalue weighted by Crippen LogP contribution is -2.22. The highest BCUT2D eigenvalue weighted by molar-refractivity contribution is 8.31. The topological polar surface area (TPSA) is 0 Å². The van der Waals surface area contributed by atoms with E-state index in [2.05, 4.69) is 47.0 Å². The van der Waals surface area contributed by atoms with E-state index >= 15 is 0 Å². The summed E-state index contributed by atoms with van der Waals surface area (Å²) in [6.07, 6.45) is 9.28. The Labute approximate surface area is 138 Å². The third-order valence-corrected chi connectivity index (χ3v) is 14.2. The molecule has 6 aliphatic rings. The normalized spacial score (nSPS) is 58.8. The minimum atomic E-state index is 1.000. The summed E-state index contributed by atoms with van der Waals surface area (Å²) in [5.41, 5.74) is 0. The fraction of sp³-hybridized carbons (Fsp3) is 0.875. The molecule has 6 rings (SSSR count). The van der Waals surface area contributed by atoms with Gasteiger partial charge in [0.1, 0.15) is 0 Å². The summed E-state index contributed by atoms with van der Waals surface area (Å²) in [4.78, 5) is 0. The summed E-state index contributed by atoms with van der Waals surface area (Å²) in [5, 5.41) is 4.00. The minimum Gasteiger partial charge on any atom is -0.113 e. The Bertz CT molecular complexity index is 417. The number of thioether (sulfide) groups is 4. The van der Waals surface area contributed by atoms with Gasteiger partial charge in [-0.05, 0) is 62.2 Å². The lowest BCUT2D eigenvalue weighted by Gasteiger charge is -2.21. The van der Waals surface area contributed by atoms with Crippen molar-refractivity contribution in [2.75, 3.05) is 0 Å². The summed E-state index contributed by atoms with van der Waals surface area (Å²) in [7, 11) is 0. The molecule has 0 N–H and O–H groups in total. The van der Waals surface area contributed by atoms with E-state index < -0.39 is 0 Å². The third kappa shape index (κ3) is 1.58. The molecule has 6 fully saturated rings. The second-order valence-electron chi connectivity index (χ2n) is 7.57. The Morgan fingerprint density at radius 2 is 0.800 bits per heavy atom. The summed E-state index contributed by atoms with van der Waals surface area (Å²) in [5.74, 6) is 4.31. The van der Waals surface area contributed by atoms with E-state index in [1.165, 1.54) is 25.7 Å². The molecule has 0 aromatic rings. The van der Waals surface area contributed by atoms with Crippen molar-refractivity contribution in [1.29, 1.82) is 0 Å². The Morgan fingerprint density at radius 1 is 0.500 bits per heavy atom. The van der Waals surface area contributed by atoms with Crippen LogP contribution in [0.15, 0.2) is 8.47 Å². The first-order valence-electron chi connectivity index (χ1n) is 8.28. The standard InChI is InChI=1S/C16H20S4/c1-2-8-5-7(1)11-12(8)18-15(17-11)16-19-13-9-3-4-10(6-9)14(13)20-16/h7-14H,1-6H2. The lowest BCUT2D eigenvalue weighted by molar-refractivity contribution is 0.508. The fourth-order valence-electron chi connectivity index (χ4n) is 5.77. The van der Waals surface area contributed by atoms with Gasteiger partial charge in [-0.3, -0.25) is 0 Å². The van der Waals surface area contributed by atoms with Crippen molar-refractivity contribution >= 4 is 47.0 Å². The summed E-state index contributed by atoms with van der Waals surface area (Å²) < 4.78 is 3.53. The number of rotatable bonds is 0. The molecule has 0 amide bonds. The Balaban J connectivity index is 1.29. The predicted molar refractivity (Wildman–Crippen MR) is 94.2 cm³/mol. The van der Waals surface area contributed by atoms with Crippen molar-refractivity contribution in [1.82, 2.24) is 0 Å². The van der Waals surface area contributed by atoms with Crippen LogP contribution < -0.4 is 0 Å². The Morgan fingerprint density at radius 3 is 1.10 bits per heavy atom. The maximum atomic E-state index is 2.30. The molecule has 8 atom stereocenters. The molecular formula is C16H20S4. The van der Waals surface area contributed by atoms with Crippen LogP contribution in [0.25, 0.3) is 0 Å². The van der Waals surface area contributed by atoms with Crippen LogP contribution in [-0.2, 0) is 0 Å². The molecule has 0 nitrogen and oxygen atoms in total. The van der Waals surface area contributed by atoms with Gasteiger partial charge in [-0.2, -0.15) is 0 Å². The molecule has 0 spiro atoms. The molecule has 0 radical (unpaired) electrons. The van der Waals surface area contributed by atoms with E-state index in [0.29, 0.717) is 0 Å². The van der Waals surface area contributed by atoms with Gasteiger partial charge in [0.05, 0.1) is 8.47 Å². The van der Waals surface area contributed by atoms with Crippen LogP contribution in [0, 0.1) is 23.7 Å². The maximum Gasteiger partial charge on any atom is 0.0609 e. The lowest BCUT2D eigenvalue weighted by atomic mass is 10.00. The van der Waals surface area contributed by atoms with Gasteiger partial charge in [-0.25, -0.2) is 0 Å². The first-order valence-corrected chi connectivity index (χ1v) is 11.8. The van der Waals surface area contributed by atoms with Crippen molar-refractivity contribution in [3.8, 4) is 0 Å². The smallest absolute Gasteiger partial charge is 0.0609 e. The van der Waals surface area contributed by atoms with Gasteiger partial charge in [-0.1, -0.05) is 0 Å². The molecular weight excluding hydrogens is 320 g/mol. The maximum absolute atomic E-state index is 2.30. The van der Waals surface area contributed by atoms with Crippen LogP contribution in [0.2, 0.25) is 0 Å². The van der Waals surface area contributed by atoms with Crippen LogP contribution in [0.4, 0.5) is 0 Å².